The lowest BCUT2D eigenvalue weighted by Crippen LogP contribution is -2.21. The summed E-state index contributed by atoms with van der Waals surface area (Å²) >= 11 is 3.46. The molecule has 0 aromatic rings. The van der Waals surface area contributed by atoms with Gasteiger partial charge in [-0.3, -0.25) is 4.79 Å². The van der Waals surface area contributed by atoms with Crippen molar-refractivity contribution in [3.63, 3.8) is 0 Å². The van der Waals surface area contributed by atoms with E-state index in [9.17, 15) is 4.79 Å². The van der Waals surface area contributed by atoms with E-state index < -0.39 is 0 Å². The maximum Gasteiger partial charge on any atom is 0.250 e. The molecule has 1 aliphatic heterocycles. The van der Waals surface area contributed by atoms with Crippen molar-refractivity contribution in [1.29, 1.82) is 0 Å². The number of likely N-dealkylation sites (N-methyl/N-ethyl adjacent to an activating group) is 1. The highest BCUT2D eigenvalue weighted by Crippen LogP contribution is 2.32. The average molecular weight is 228 g/mol. The normalized spacial score (nSPS) is 23.0. The molecule has 0 radical (unpaired) electrons. The summed E-state index contributed by atoms with van der Waals surface area (Å²) in [5, 5.41) is 0. The summed E-state index contributed by atoms with van der Waals surface area (Å²) in [5.74, 6) is 0.209. The minimum Gasteiger partial charge on any atom is -0.338 e. The quantitative estimate of drug-likeness (QED) is 0.619. The molecule has 3 heteroatoms. The first-order chi connectivity index (χ1) is 5.68. The van der Waals surface area contributed by atoms with Gasteiger partial charge < -0.3 is 4.90 Å². The summed E-state index contributed by atoms with van der Waals surface area (Å²) in [4.78, 5) is 13.2. The number of hydrogen-bond donors (Lipinski definition) is 0. The van der Waals surface area contributed by atoms with Crippen LogP contribution in [0.3, 0.4) is 0 Å². The molecule has 12 heavy (non-hydrogen) atoms. The smallest absolute Gasteiger partial charge is 0.250 e. The summed E-state index contributed by atoms with van der Waals surface area (Å²) in [6.45, 7) is 0.781. The zero-order valence-electron chi connectivity index (χ0n) is 6.93. The van der Waals surface area contributed by atoms with Gasteiger partial charge in [0, 0.05) is 19.2 Å². The standard InChI is InChI=1S/C9H10BrNO/c1-11-5-6-4-7(10)2-3-8(6)9(11)12/h4H,2-3,5H2,1H3. The van der Waals surface area contributed by atoms with Crippen LogP contribution in [0.15, 0.2) is 21.7 Å². The second-order valence-corrected chi connectivity index (χ2v) is 4.27. The highest BCUT2D eigenvalue weighted by Gasteiger charge is 2.28. The molecule has 2 rings (SSSR count). The van der Waals surface area contributed by atoms with Crippen LogP contribution in [0.25, 0.3) is 0 Å². The highest BCUT2D eigenvalue weighted by atomic mass is 79.9. The van der Waals surface area contributed by atoms with Gasteiger partial charge in [0.05, 0.1) is 0 Å². The minimum absolute atomic E-state index is 0.209. The van der Waals surface area contributed by atoms with E-state index in [4.69, 9.17) is 0 Å². The van der Waals surface area contributed by atoms with Crippen molar-refractivity contribution in [3.8, 4) is 0 Å². The SMILES string of the molecule is CN1CC2=C(CCC(Br)=C2)C1=O. The van der Waals surface area contributed by atoms with E-state index >= 15 is 0 Å². The van der Waals surface area contributed by atoms with Gasteiger partial charge in [0.25, 0.3) is 0 Å². The van der Waals surface area contributed by atoms with Crippen molar-refractivity contribution < 1.29 is 4.79 Å². The Labute approximate surface area is 80.1 Å². The third-order valence-corrected chi connectivity index (χ3v) is 2.97. The predicted octanol–water partition coefficient (Wildman–Crippen LogP) is 1.83. The molecule has 1 amide bonds. The summed E-state index contributed by atoms with van der Waals surface area (Å²) < 4.78 is 1.21. The van der Waals surface area contributed by atoms with Crippen molar-refractivity contribution in [2.45, 2.75) is 12.8 Å². The van der Waals surface area contributed by atoms with Crippen LogP contribution in [0, 0.1) is 0 Å². The Morgan fingerprint density at radius 2 is 2.25 bits per heavy atom. The molecule has 0 bridgehead atoms. The third-order valence-electron chi connectivity index (χ3n) is 2.34. The summed E-state index contributed by atoms with van der Waals surface area (Å²) in [6.07, 6.45) is 3.95. The average Bonchev–Trinajstić information content (AvgIpc) is 2.28. The molecule has 1 heterocycles. The summed E-state index contributed by atoms with van der Waals surface area (Å²) in [5.41, 5.74) is 2.21. The van der Waals surface area contributed by atoms with Gasteiger partial charge in [-0.15, -0.1) is 0 Å². The van der Waals surface area contributed by atoms with Gasteiger partial charge in [-0.2, -0.15) is 0 Å². The molecule has 0 unspecified atom stereocenters. The van der Waals surface area contributed by atoms with Crippen LogP contribution in [0.4, 0.5) is 0 Å². The molecular weight excluding hydrogens is 218 g/mol. The van der Waals surface area contributed by atoms with Gasteiger partial charge in [-0.25, -0.2) is 0 Å². The lowest BCUT2D eigenvalue weighted by atomic mass is 10.0. The molecular formula is C9H10BrNO. The number of hydrogen-bond acceptors (Lipinski definition) is 1. The number of amides is 1. The lowest BCUT2D eigenvalue weighted by molar-refractivity contribution is -0.124. The number of rotatable bonds is 0. The van der Waals surface area contributed by atoms with Gasteiger partial charge in [0.1, 0.15) is 0 Å². The first-order valence-electron chi connectivity index (χ1n) is 4.02. The van der Waals surface area contributed by atoms with E-state index in [1.807, 2.05) is 7.05 Å². The van der Waals surface area contributed by atoms with Gasteiger partial charge in [0.15, 0.2) is 0 Å². The van der Waals surface area contributed by atoms with Gasteiger partial charge in [0.2, 0.25) is 5.91 Å². The van der Waals surface area contributed by atoms with Crippen LogP contribution < -0.4 is 0 Å². The number of allylic oxidation sites excluding steroid dienone is 1. The fourth-order valence-corrected chi connectivity index (χ4v) is 2.17. The summed E-state index contributed by atoms with van der Waals surface area (Å²) in [6, 6.07) is 0. The second-order valence-electron chi connectivity index (χ2n) is 3.26. The largest absolute Gasteiger partial charge is 0.338 e. The lowest BCUT2D eigenvalue weighted by Gasteiger charge is -2.08. The van der Waals surface area contributed by atoms with Crippen LogP contribution in [-0.4, -0.2) is 24.4 Å². The van der Waals surface area contributed by atoms with E-state index in [-0.39, 0.29) is 5.91 Å². The van der Waals surface area contributed by atoms with Crippen LogP contribution in [0.5, 0.6) is 0 Å². The maximum absolute atomic E-state index is 11.5. The molecule has 1 aliphatic carbocycles. The number of nitrogens with zero attached hydrogens (tertiary/aromatic N) is 1. The molecule has 0 aromatic carbocycles. The van der Waals surface area contributed by atoms with Crippen molar-refractivity contribution in [1.82, 2.24) is 4.90 Å². The molecule has 0 atom stereocenters. The van der Waals surface area contributed by atoms with Gasteiger partial charge in [-0.1, -0.05) is 15.9 Å². The predicted molar refractivity (Wildman–Crippen MR) is 50.9 cm³/mol. The number of halogens is 1. The van der Waals surface area contributed by atoms with Crippen molar-refractivity contribution in [3.05, 3.63) is 21.7 Å². The topological polar surface area (TPSA) is 20.3 Å². The minimum atomic E-state index is 0.209. The monoisotopic (exact) mass is 227 g/mol. The maximum atomic E-state index is 11.5. The van der Waals surface area contributed by atoms with Crippen LogP contribution in [0.1, 0.15) is 12.8 Å². The Morgan fingerprint density at radius 3 is 3.00 bits per heavy atom. The Balaban J connectivity index is 2.36. The highest BCUT2D eigenvalue weighted by molar-refractivity contribution is 9.11. The second kappa shape index (κ2) is 2.73. The fourth-order valence-electron chi connectivity index (χ4n) is 1.70. The third kappa shape index (κ3) is 1.12. The van der Waals surface area contributed by atoms with E-state index in [1.165, 1.54) is 10.1 Å². The summed E-state index contributed by atoms with van der Waals surface area (Å²) in [7, 11) is 1.85. The molecule has 0 aromatic heterocycles. The molecule has 0 spiro atoms. The fraction of sp³-hybridized carbons (Fsp3) is 0.444. The zero-order valence-corrected chi connectivity index (χ0v) is 8.52. The van der Waals surface area contributed by atoms with E-state index in [1.54, 1.807) is 4.90 Å². The van der Waals surface area contributed by atoms with Crippen LogP contribution >= 0.6 is 15.9 Å². The zero-order chi connectivity index (χ0) is 8.72. The number of carbonyl (C=O) groups is 1. The Morgan fingerprint density at radius 1 is 1.50 bits per heavy atom. The molecule has 64 valence electrons. The first-order valence-corrected chi connectivity index (χ1v) is 4.81. The molecule has 2 aliphatic rings. The van der Waals surface area contributed by atoms with Gasteiger partial charge >= 0.3 is 0 Å². The van der Waals surface area contributed by atoms with Crippen molar-refractivity contribution >= 4 is 21.8 Å². The van der Waals surface area contributed by atoms with E-state index in [2.05, 4.69) is 22.0 Å². The number of carbonyl (C=O) groups excluding carboxylic acids is 1. The van der Waals surface area contributed by atoms with E-state index in [0.29, 0.717) is 0 Å². The Bertz CT molecular complexity index is 304. The van der Waals surface area contributed by atoms with Crippen molar-refractivity contribution in [2.24, 2.45) is 0 Å². The molecule has 0 fully saturated rings. The Kier molecular flexibility index (Phi) is 1.83. The molecule has 0 N–H and O–H groups in total. The first kappa shape index (κ1) is 8.05. The van der Waals surface area contributed by atoms with Gasteiger partial charge in [-0.05, 0) is 29.0 Å². The molecule has 2 nitrogen and oxygen atoms in total. The molecule has 0 saturated heterocycles. The van der Waals surface area contributed by atoms with Crippen LogP contribution in [-0.2, 0) is 4.79 Å². The van der Waals surface area contributed by atoms with Crippen LogP contribution in [0.2, 0.25) is 0 Å². The Hall–Kier alpha value is -0.570. The molecule has 0 saturated carbocycles. The van der Waals surface area contributed by atoms with Crippen molar-refractivity contribution in [2.75, 3.05) is 13.6 Å². The van der Waals surface area contributed by atoms with E-state index in [0.717, 1.165) is 25.0 Å².